The second-order valence-corrected chi connectivity index (χ2v) is 5.61. The lowest BCUT2D eigenvalue weighted by Crippen LogP contribution is -2.34. The molecule has 0 unspecified atom stereocenters. The molecule has 3 heteroatoms. The topological polar surface area (TPSA) is 15.3 Å². The van der Waals surface area contributed by atoms with Gasteiger partial charge in [0.1, 0.15) is 5.82 Å². The molecular formula is C15H23FN2. The summed E-state index contributed by atoms with van der Waals surface area (Å²) in [7, 11) is 4.15. The zero-order valence-electron chi connectivity index (χ0n) is 11.4. The lowest BCUT2D eigenvalue weighted by atomic mass is 10.1. The largest absolute Gasteiger partial charge is 0.319 e. The summed E-state index contributed by atoms with van der Waals surface area (Å²) in [5.74, 6) is -0.0812. The van der Waals surface area contributed by atoms with Gasteiger partial charge in [0.05, 0.1) is 0 Å². The summed E-state index contributed by atoms with van der Waals surface area (Å²) >= 11 is 0. The fourth-order valence-corrected chi connectivity index (χ4v) is 2.61. The minimum atomic E-state index is -0.0812. The molecule has 0 saturated heterocycles. The van der Waals surface area contributed by atoms with E-state index < -0.39 is 0 Å². The first-order chi connectivity index (χ1) is 8.65. The van der Waals surface area contributed by atoms with E-state index in [1.807, 2.05) is 19.2 Å². The van der Waals surface area contributed by atoms with Gasteiger partial charge in [-0.3, -0.25) is 0 Å². The molecule has 0 spiro atoms. The first-order valence-corrected chi connectivity index (χ1v) is 6.72. The summed E-state index contributed by atoms with van der Waals surface area (Å²) < 4.78 is 13.5. The number of nitrogens with zero attached hydrogens (tertiary/aromatic N) is 1. The van der Waals surface area contributed by atoms with E-state index in [-0.39, 0.29) is 5.82 Å². The molecule has 2 rings (SSSR count). The molecule has 1 aliphatic rings. The maximum Gasteiger partial charge on any atom is 0.126 e. The Hall–Kier alpha value is -0.930. The molecule has 100 valence electrons. The fourth-order valence-electron chi connectivity index (χ4n) is 2.61. The summed E-state index contributed by atoms with van der Waals surface area (Å²) in [6.07, 6.45) is 3.43. The summed E-state index contributed by atoms with van der Waals surface area (Å²) in [5, 5.41) is 3.27. The van der Waals surface area contributed by atoms with E-state index in [2.05, 4.69) is 17.3 Å². The Balaban J connectivity index is 1.78. The maximum absolute atomic E-state index is 13.5. The fraction of sp³-hybridized carbons (Fsp3) is 0.600. The van der Waals surface area contributed by atoms with Crippen LogP contribution in [0.5, 0.6) is 0 Å². The zero-order valence-corrected chi connectivity index (χ0v) is 11.4. The molecule has 0 bridgehead atoms. The second-order valence-electron chi connectivity index (χ2n) is 5.61. The lowest BCUT2D eigenvalue weighted by Gasteiger charge is -2.23. The van der Waals surface area contributed by atoms with E-state index in [9.17, 15) is 4.39 Å². The molecule has 1 saturated carbocycles. The van der Waals surface area contributed by atoms with Crippen LogP contribution in [-0.4, -0.2) is 38.6 Å². The van der Waals surface area contributed by atoms with Gasteiger partial charge in [-0.25, -0.2) is 4.39 Å². The van der Waals surface area contributed by atoms with E-state index in [1.165, 1.54) is 12.8 Å². The van der Waals surface area contributed by atoms with E-state index in [0.717, 1.165) is 31.6 Å². The second kappa shape index (κ2) is 5.81. The maximum atomic E-state index is 13.5. The molecule has 0 aromatic heterocycles. The van der Waals surface area contributed by atoms with Crippen LogP contribution in [0.4, 0.5) is 4.39 Å². The van der Waals surface area contributed by atoms with Crippen LogP contribution in [0, 0.1) is 11.2 Å². The van der Waals surface area contributed by atoms with Crippen molar-refractivity contribution in [1.29, 1.82) is 0 Å². The third-order valence-corrected chi connectivity index (χ3v) is 3.83. The van der Waals surface area contributed by atoms with Crippen LogP contribution in [0.25, 0.3) is 0 Å². The Bertz CT molecular complexity index is 388. The third kappa shape index (κ3) is 3.53. The predicted molar refractivity (Wildman–Crippen MR) is 73.2 cm³/mol. The van der Waals surface area contributed by atoms with Gasteiger partial charge >= 0.3 is 0 Å². The van der Waals surface area contributed by atoms with E-state index in [1.54, 1.807) is 12.1 Å². The molecule has 0 atom stereocenters. The molecule has 18 heavy (non-hydrogen) atoms. The Labute approximate surface area is 109 Å². The van der Waals surface area contributed by atoms with Crippen LogP contribution in [0.15, 0.2) is 24.3 Å². The quantitative estimate of drug-likeness (QED) is 0.799. The normalized spacial score (nSPS) is 17.1. The SMILES string of the molecule is CNCC1(CN(C)CCc2ccccc2F)CC1. The zero-order chi connectivity index (χ0) is 13.0. The highest BCUT2D eigenvalue weighted by Crippen LogP contribution is 2.45. The summed E-state index contributed by atoms with van der Waals surface area (Å²) in [5.41, 5.74) is 1.31. The average Bonchev–Trinajstić information content (AvgIpc) is 3.08. The average molecular weight is 250 g/mol. The van der Waals surface area contributed by atoms with Crippen molar-refractivity contribution in [1.82, 2.24) is 10.2 Å². The molecule has 1 fully saturated rings. The predicted octanol–water partition coefficient (Wildman–Crippen LogP) is 2.30. The van der Waals surface area contributed by atoms with Gasteiger partial charge in [-0.1, -0.05) is 18.2 Å². The lowest BCUT2D eigenvalue weighted by molar-refractivity contribution is 0.261. The van der Waals surface area contributed by atoms with E-state index in [4.69, 9.17) is 0 Å². The Kier molecular flexibility index (Phi) is 4.36. The highest BCUT2D eigenvalue weighted by molar-refractivity contribution is 5.17. The van der Waals surface area contributed by atoms with Crippen molar-refractivity contribution in [3.8, 4) is 0 Å². The van der Waals surface area contributed by atoms with Crippen LogP contribution in [0.1, 0.15) is 18.4 Å². The van der Waals surface area contributed by atoms with Crippen LogP contribution in [-0.2, 0) is 6.42 Å². The van der Waals surface area contributed by atoms with Gasteiger partial charge in [0.2, 0.25) is 0 Å². The highest BCUT2D eigenvalue weighted by atomic mass is 19.1. The minimum Gasteiger partial charge on any atom is -0.319 e. The number of hydrogen-bond acceptors (Lipinski definition) is 2. The molecular weight excluding hydrogens is 227 g/mol. The van der Waals surface area contributed by atoms with Gasteiger partial charge in [-0.15, -0.1) is 0 Å². The van der Waals surface area contributed by atoms with Crippen molar-refractivity contribution in [3.05, 3.63) is 35.6 Å². The highest BCUT2D eigenvalue weighted by Gasteiger charge is 2.42. The van der Waals surface area contributed by atoms with E-state index in [0.29, 0.717) is 5.41 Å². The molecule has 1 aliphatic carbocycles. The molecule has 0 heterocycles. The Morgan fingerprint density at radius 2 is 2.06 bits per heavy atom. The van der Waals surface area contributed by atoms with Crippen molar-refractivity contribution in [2.45, 2.75) is 19.3 Å². The first-order valence-electron chi connectivity index (χ1n) is 6.72. The molecule has 0 aliphatic heterocycles. The van der Waals surface area contributed by atoms with Crippen LogP contribution >= 0.6 is 0 Å². The van der Waals surface area contributed by atoms with Gasteiger partial charge in [0.15, 0.2) is 0 Å². The molecule has 0 amide bonds. The number of likely N-dealkylation sites (N-methyl/N-ethyl adjacent to an activating group) is 1. The summed E-state index contributed by atoms with van der Waals surface area (Å²) in [6.45, 7) is 3.13. The first kappa shape index (κ1) is 13.5. The smallest absolute Gasteiger partial charge is 0.126 e. The number of benzene rings is 1. The number of nitrogens with one attached hydrogen (secondary N) is 1. The Morgan fingerprint density at radius 3 is 2.67 bits per heavy atom. The van der Waals surface area contributed by atoms with Crippen LogP contribution in [0.2, 0.25) is 0 Å². The molecule has 0 radical (unpaired) electrons. The van der Waals surface area contributed by atoms with Crippen molar-refractivity contribution < 1.29 is 4.39 Å². The molecule has 1 aromatic carbocycles. The standard InChI is InChI=1S/C15H23FN2/c1-17-11-15(8-9-15)12-18(2)10-7-13-5-3-4-6-14(13)16/h3-6,17H,7-12H2,1-2H3. The van der Waals surface area contributed by atoms with Crippen molar-refractivity contribution in [2.24, 2.45) is 5.41 Å². The van der Waals surface area contributed by atoms with Gasteiger partial charge < -0.3 is 10.2 Å². The van der Waals surface area contributed by atoms with Gasteiger partial charge in [0, 0.05) is 19.6 Å². The number of hydrogen-bond donors (Lipinski definition) is 1. The number of rotatable bonds is 7. The summed E-state index contributed by atoms with van der Waals surface area (Å²) in [4.78, 5) is 2.33. The van der Waals surface area contributed by atoms with Gasteiger partial charge in [-0.2, -0.15) is 0 Å². The van der Waals surface area contributed by atoms with Crippen molar-refractivity contribution >= 4 is 0 Å². The third-order valence-electron chi connectivity index (χ3n) is 3.83. The molecule has 1 N–H and O–H groups in total. The van der Waals surface area contributed by atoms with Gasteiger partial charge in [0.25, 0.3) is 0 Å². The van der Waals surface area contributed by atoms with Crippen LogP contribution < -0.4 is 5.32 Å². The summed E-state index contributed by atoms with van der Waals surface area (Å²) in [6, 6.07) is 7.07. The number of halogens is 1. The van der Waals surface area contributed by atoms with Gasteiger partial charge in [-0.05, 0) is 50.4 Å². The molecule has 2 nitrogen and oxygen atoms in total. The Morgan fingerprint density at radius 1 is 1.33 bits per heavy atom. The van der Waals surface area contributed by atoms with Crippen molar-refractivity contribution in [3.63, 3.8) is 0 Å². The van der Waals surface area contributed by atoms with E-state index >= 15 is 0 Å². The van der Waals surface area contributed by atoms with Crippen LogP contribution in [0.3, 0.4) is 0 Å². The minimum absolute atomic E-state index is 0.0812. The molecule has 1 aromatic rings. The monoisotopic (exact) mass is 250 g/mol. The van der Waals surface area contributed by atoms with Crippen molar-refractivity contribution in [2.75, 3.05) is 33.7 Å².